The Kier molecular flexibility index (Phi) is 7.02. The Labute approximate surface area is 178 Å². The Morgan fingerprint density at radius 2 is 1.50 bits per heavy atom. The summed E-state index contributed by atoms with van der Waals surface area (Å²) in [6, 6.07) is 18.1. The molecular formula is C26H28O4. The van der Waals surface area contributed by atoms with Crippen LogP contribution >= 0.6 is 0 Å². The van der Waals surface area contributed by atoms with Crippen LogP contribution in [-0.2, 0) is 6.61 Å². The lowest BCUT2D eigenvalue weighted by atomic mass is 9.96. The molecule has 3 aromatic carbocycles. The smallest absolute Gasteiger partial charge is 0.129 e. The largest absolute Gasteiger partial charge is 0.496 e. The number of hydrogen-bond acceptors (Lipinski definition) is 4. The van der Waals surface area contributed by atoms with Gasteiger partial charge in [0, 0.05) is 17.7 Å². The molecule has 4 nitrogen and oxygen atoms in total. The van der Waals surface area contributed by atoms with Gasteiger partial charge in [-0.05, 0) is 48.2 Å². The van der Waals surface area contributed by atoms with Crippen molar-refractivity contribution in [2.45, 2.75) is 20.5 Å². The van der Waals surface area contributed by atoms with Gasteiger partial charge < -0.3 is 18.9 Å². The van der Waals surface area contributed by atoms with Crippen LogP contribution in [0.4, 0.5) is 0 Å². The summed E-state index contributed by atoms with van der Waals surface area (Å²) < 4.78 is 22.6. The molecule has 0 bridgehead atoms. The molecule has 3 rings (SSSR count). The van der Waals surface area contributed by atoms with Gasteiger partial charge >= 0.3 is 0 Å². The average molecular weight is 405 g/mol. The molecule has 0 aliphatic heterocycles. The normalized spacial score (nSPS) is 10.4. The summed E-state index contributed by atoms with van der Waals surface area (Å²) in [6.45, 7) is 8.70. The van der Waals surface area contributed by atoms with Crippen molar-refractivity contribution in [2.75, 3.05) is 20.8 Å². The summed E-state index contributed by atoms with van der Waals surface area (Å²) in [5.74, 6) is 3.02. The minimum atomic E-state index is 0.446. The van der Waals surface area contributed by atoms with E-state index in [1.165, 1.54) is 5.56 Å². The fourth-order valence-corrected chi connectivity index (χ4v) is 3.37. The zero-order valence-electron chi connectivity index (χ0n) is 18.0. The molecule has 0 N–H and O–H groups in total. The minimum absolute atomic E-state index is 0.446. The molecular weight excluding hydrogens is 376 g/mol. The van der Waals surface area contributed by atoms with E-state index in [0.717, 1.165) is 39.5 Å². The highest BCUT2D eigenvalue weighted by Gasteiger charge is 2.11. The average Bonchev–Trinajstić information content (AvgIpc) is 2.77. The number of hydrogen-bond donors (Lipinski definition) is 0. The maximum atomic E-state index is 6.08. The third-order valence-corrected chi connectivity index (χ3v) is 5.08. The van der Waals surface area contributed by atoms with E-state index in [2.05, 4.69) is 37.8 Å². The predicted octanol–water partition coefficient (Wildman–Crippen LogP) is 6.13. The van der Waals surface area contributed by atoms with Crippen LogP contribution in [-0.4, -0.2) is 20.8 Å². The van der Waals surface area contributed by atoms with Crippen LogP contribution in [0.25, 0.3) is 11.1 Å². The Hall–Kier alpha value is -3.40. The van der Waals surface area contributed by atoms with Crippen molar-refractivity contribution in [3.05, 3.63) is 83.9 Å². The zero-order valence-corrected chi connectivity index (χ0v) is 18.0. The van der Waals surface area contributed by atoms with E-state index in [0.29, 0.717) is 19.0 Å². The van der Waals surface area contributed by atoms with Gasteiger partial charge in [-0.1, -0.05) is 43.0 Å². The molecule has 156 valence electrons. The van der Waals surface area contributed by atoms with Crippen LogP contribution < -0.4 is 18.9 Å². The maximum absolute atomic E-state index is 6.08. The number of rotatable bonds is 9. The van der Waals surface area contributed by atoms with Gasteiger partial charge in [-0.15, -0.1) is 0 Å². The van der Waals surface area contributed by atoms with Gasteiger partial charge in [-0.25, -0.2) is 0 Å². The summed E-state index contributed by atoms with van der Waals surface area (Å²) in [6.07, 6.45) is 1.74. The zero-order chi connectivity index (χ0) is 21.5. The summed E-state index contributed by atoms with van der Waals surface area (Å²) in [5, 5.41) is 0. The van der Waals surface area contributed by atoms with Crippen molar-refractivity contribution >= 4 is 0 Å². The quantitative estimate of drug-likeness (QED) is 0.402. The lowest BCUT2D eigenvalue weighted by Crippen LogP contribution is -2.01. The summed E-state index contributed by atoms with van der Waals surface area (Å²) in [5.41, 5.74) is 5.49. The van der Waals surface area contributed by atoms with E-state index in [-0.39, 0.29) is 0 Å². The van der Waals surface area contributed by atoms with Gasteiger partial charge in [0.25, 0.3) is 0 Å². The summed E-state index contributed by atoms with van der Waals surface area (Å²) in [7, 11) is 3.29. The summed E-state index contributed by atoms with van der Waals surface area (Å²) >= 11 is 0. The first-order chi connectivity index (χ1) is 14.6. The highest BCUT2D eigenvalue weighted by atomic mass is 16.5. The van der Waals surface area contributed by atoms with Crippen LogP contribution in [0.2, 0.25) is 0 Å². The lowest BCUT2D eigenvalue weighted by molar-refractivity contribution is 0.299. The van der Waals surface area contributed by atoms with Gasteiger partial charge in [0.05, 0.1) is 14.2 Å². The first-order valence-corrected chi connectivity index (χ1v) is 9.85. The number of benzene rings is 3. The molecule has 0 radical (unpaired) electrons. The molecule has 0 aliphatic carbocycles. The van der Waals surface area contributed by atoms with Gasteiger partial charge in [-0.2, -0.15) is 0 Å². The van der Waals surface area contributed by atoms with Crippen LogP contribution in [0, 0.1) is 13.8 Å². The molecule has 0 fully saturated rings. The van der Waals surface area contributed by atoms with E-state index in [9.17, 15) is 0 Å². The second kappa shape index (κ2) is 9.88. The molecule has 0 amide bonds. The number of methoxy groups -OCH3 is 2. The molecule has 0 aromatic heterocycles. The van der Waals surface area contributed by atoms with Gasteiger partial charge in [0.15, 0.2) is 0 Å². The second-order valence-corrected chi connectivity index (χ2v) is 6.96. The lowest BCUT2D eigenvalue weighted by Gasteiger charge is -2.16. The van der Waals surface area contributed by atoms with E-state index in [4.69, 9.17) is 18.9 Å². The highest BCUT2D eigenvalue weighted by molar-refractivity contribution is 5.69. The fraction of sp³-hybridized carbons (Fsp3) is 0.231. The first-order valence-electron chi connectivity index (χ1n) is 9.85. The third-order valence-electron chi connectivity index (χ3n) is 5.08. The van der Waals surface area contributed by atoms with Crippen molar-refractivity contribution in [1.82, 2.24) is 0 Å². The highest BCUT2D eigenvalue weighted by Crippen LogP contribution is 2.34. The molecule has 4 heteroatoms. The topological polar surface area (TPSA) is 36.9 Å². The van der Waals surface area contributed by atoms with Gasteiger partial charge in [0.1, 0.15) is 36.2 Å². The van der Waals surface area contributed by atoms with Crippen molar-refractivity contribution in [3.63, 3.8) is 0 Å². The molecule has 0 atom stereocenters. The predicted molar refractivity (Wildman–Crippen MR) is 121 cm³/mol. The fourth-order valence-electron chi connectivity index (χ4n) is 3.37. The standard InChI is InChI=1S/C26H28O4/c1-6-13-29-22-11-7-9-20(14-22)24-12-8-10-21(18(24)2)17-30-23-15-25(27-4)19(3)26(16-23)28-5/h6-12,14-16H,1,13,17H2,2-5H3. The Bertz CT molecular complexity index is 998. The Morgan fingerprint density at radius 1 is 0.800 bits per heavy atom. The first kappa shape index (κ1) is 21.3. The van der Waals surface area contributed by atoms with Crippen molar-refractivity contribution in [3.8, 4) is 34.1 Å². The molecule has 0 spiro atoms. The second-order valence-electron chi connectivity index (χ2n) is 6.96. The number of ether oxygens (including phenoxy) is 4. The SMILES string of the molecule is C=CCOc1cccc(-c2cccc(COc3cc(OC)c(C)c(OC)c3)c2C)c1. The molecule has 0 heterocycles. The maximum Gasteiger partial charge on any atom is 0.129 e. The molecule has 3 aromatic rings. The van der Waals surface area contributed by atoms with Crippen molar-refractivity contribution < 1.29 is 18.9 Å². The molecule has 30 heavy (non-hydrogen) atoms. The van der Waals surface area contributed by atoms with Crippen LogP contribution in [0.1, 0.15) is 16.7 Å². The monoisotopic (exact) mass is 404 g/mol. The molecule has 0 saturated carbocycles. The van der Waals surface area contributed by atoms with Gasteiger partial charge in [-0.3, -0.25) is 0 Å². The minimum Gasteiger partial charge on any atom is -0.496 e. The Morgan fingerprint density at radius 3 is 2.17 bits per heavy atom. The van der Waals surface area contributed by atoms with Crippen molar-refractivity contribution in [1.29, 1.82) is 0 Å². The van der Waals surface area contributed by atoms with E-state index in [1.54, 1.807) is 20.3 Å². The molecule has 0 unspecified atom stereocenters. The van der Waals surface area contributed by atoms with Gasteiger partial charge in [0.2, 0.25) is 0 Å². The van der Waals surface area contributed by atoms with E-state index < -0.39 is 0 Å². The third kappa shape index (κ3) is 4.77. The van der Waals surface area contributed by atoms with Crippen LogP contribution in [0.5, 0.6) is 23.0 Å². The van der Waals surface area contributed by atoms with E-state index >= 15 is 0 Å². The Balaban J connectivity index is 1.83. The van der Waals surface area contributed by atoms with E-state index in [1.807, 2.05) is 37.3 Å². The van der Waals surface area contributed by atoms with Crippen molar-refractivity contribution in [2.24, 2.45) is 0 Å². The molecule has 0 aliphatic rings. The molecule has 0 saturated heterocycles. The summed E-state index contributed by atoms with van der Waals surface area (Å²) in [4.78, 5) is 0. The van der Waals surface area contributed by atoms with Crippen LogP contribution in [0.3, 0.4) is 0 Å². The van der Waals surface area contributed by atoms with Crippen LogP contribution in [0.15, 0.2) is 67.3 Å².